The Labute approximate surface area is 126 Å². The van der Waals surface area contributed by atoms with Crippen LogP contribution >= 0.6 is 11.6 Å². The van der Waals surface area contributed by atoms with Crippen LogP contribution < -0.4 is 0 Å². The largest absolute Gasteiger partial charge is 0.298 e. The van der Waals surface area contributed by atoms with E-state index in [1.165, 1.54) is 0 Å². The van der Waals surface area contributed by atoms with Crippen LogP contribution in [0.4, 0.5) is 0 Å². The second-order valence-electron chi connectivity index (χ2n) is 4.71. The Morgan fingerprint density at radius 3 is 2.71 bits per heavy atom. The molecule has 0 amide bonds. The molecule has 0 N–H and O–H groups in total. The van der Waals surface area contributed by atoms with Crippen LogP contribution in [0, 0.1) is 6.92 Å². The van der Waals surface area contributed by atoms with Crippen molar-refractivity contribution in [3.63, 3.8) is 0 Å². The lowest BCUT2D eigenvalue weighted by atomic mass is 10.1. The van der Waals surface area contributed by atoms with E-state index in [0.29, 0.717) is 29.8 Å². The highest BCUT2D eigenvalue weighted by Gasteiger charge is 2.12. The lowest BCUT2D eigenvalue weighted by molar-refractivity contribution is 0.112. The van der Waals surface area contributed by atoms with Gasteiger partial charge in [-0.1, -0.05) is 35.9 Å². The number of carbonyl (C=O) groups excluding carboxylic acids is 1. The van der Waals surface area contributed by atoms with Gasteiger partial charge >= 0.3 is 0 Å². The van der Waals surface area contributed by atoms with Gasteiger partial charge in [-0.2, -0.15) is 0 Å². The van der Waals surface area contributed by atoms with Gasteiger partial charge in [-0.3, -0.25) is 9.78 Å². The molecule has 2 heterocycles. The Morgan fingerprint density at radius 2 is 1.90 bits per heavy atom. The Morgan fingerprint density at radius 1 is 1.10 bits per heavy atom. The molecular formula is C16H12ClN3O. The van der Waals surface area contributed by atoms with Crippen molar-refractivity contribution < 1.29 is 4.79 Å². The summed E-state index contributed by atoms with van der Waals surface area (Å²) in [6, 6.07) is 11.8. The standard InChI is InChI=1S/C16H12ClN3O/c1-10-18-15(13(9-21)16(17)19-10)8-12-7-6-11-4-2-3-5-14(11)20-12/h2-7,9H,8H2,1H3. The summed E-state index contributed by atoms with van der Waals surface area (Å²) < 4.78 is 0. The van der Waals surface area contributed by atoms with Crippen LogP contribution in [0.25, 0.3) is 10.9 Å². The number of carbonyl (C=O) groups is 1. The van der Waals surface area contributed by atoms with E-state index < -0.39 is 0 Å². The Balaban J connectivity index is 2.04. The summed E-state index contributed by atoms with van der Waals surface area (Å²) in [5.74, 6) is 0.543. The quantitative estimate of drug-likeness (QED) is 0.549. The Hall–Kier alpha value is -2.33. The molecule has 4 nitrogen and oxygen atoms in total. The van der Waals surface area contributed by atoms with Gasteiger partial charge in [0.2, 0.25) is 0 Å². The first-order chi connectivity index (χ1) is 10.2. The molecule has 0 aliphatic heterocycles. The van der Waals surface area contributed by atoms with Crippen LogP contribution in [0.15, 0.2) is 36.4 Å². The molecule has 5 heteroatoms. The molecule has 3 aromatic rings. The summed E-state index contributed by atoms with van der Waals surface area (Å²) >= 11 is 5.99. The van der Waals surface area contributed by atoms with E-state index in [2.05, 4.69) is 15.0 Å². The van der Waals surface area contributed by atoms with Crippen LogP contribution in [0.5, 0.6) is 0 Å². The first-order valence-corrected chi connectivity index (χ1v) is 6.88. The van der Waals surface area contributed by atoms with Crippen molar-refractivity contribution in [1.82, 2.24) is 15.0 Å². The highest BCUT2D eigenvalue weighted by Crippen LogP contribution is 2.19. The van der Waals surface area contributed by atoms with Crippen molar-refractivity contribution in [3.8, 4) is 0 Å². The van der Waals surface area contributed by atoms with Gasteiger partial charge in [-0.15, -0.1) is 0 Å². The van der Waals surface area contributed by atoms with Crippen molar-refractivity contribution in [1.29, 1.82) is 0 Å². The maximum Gasteiger partial charge on any atom is 0.155 e. The minimum Gasteiger partial charge on any atom is -0.298 e. The van der Waals surface area contributed by atoms with Gasteiger partial charge in [0.1, 0.15) is 11.0 Å². The van der Waals surface area contributed by atoms with Gasteiger partial charge in [-0.25, -0.2) is 9.97 Å². The van der Waals surface area contributed by atoms with E-state index in [1.807, 2.05) is 36.4 Å². The van der Waals surface area contributed by atoms with Crippen molar-refractivity contribution in [2.24, 2.45) is 0 Å². The summed E-state index contributed by atoms with van der Waals surface area (Å²) in [6.07, 6.45) is 1.14. The number of aldehydes is 1. The van der Waals surface area contributed by atoms with E-state index in [9.17, 15) is 4.79 Å². The summed E-state index contributed by atoms with van der Waals surface area (Å²) in [5, 5.41) is 1.27. The zero-order valence-corrected chi connectivity index (χ0v) is 12.1. The number of nitrogens with zero attached hydrogens (tertiary/aromatic N) is 3. The van der Waals surface area contributed by atoms with Crippen molar-refractivity contribution >= 4 is 28.8 Å². The molecule has 0 radical (unpaired) electrons. The number of benzene rings is 1. The van der Waals surface area contributed by atoms with Crippen LogP contribution in [0.2, 0.25) is 5.15 Å². The third-order valence-electron chi connectivity index (χ3n) is 3.21. The van der Waals surface area contributed by atoms with Crippen molar-refractivity contribution in [3.05, 3.63) is 64.3 Å². The predicted octanol–water partition coefficient (Wildman–Crippen LogP) is 3.39. The zero-order valence-electron chi connectivity index (χ0n) is 11.4. The Bertz CT molecular complexity index is 833. The first kappa shape index (κ1) is 13.6. The molecule has 2 aromatic heterocycles. The second kappa shape index (κ2) is 5.58. The van der Waals surface area contributed by atoms with Gasteiger partial charge < -0.3 is 0 Å². The maximum atomic E-state index is 11.2. The second-order valence-corrected chi connectivity index (χ2v) is 5.07. The number of hydrogen-bond donors (Lipinski definition) is 0. The fraction of sp³-hybridized carbons (Fsp3) is 0.125. The molecule has 104 valence electrons. The molecule has 0 saturated heterocycles. The first-order valence-electron chi connectivity index (χ1n) is 6.50. The SMILES string of the molecule is Cc1nc(Cl)c(C=O)c(Cc2ccc3ccccc3n2)n1. The van der Waals surface area contributed by atoms with Crippen molar-refractivity contribution in [2.75, 3.05) is 0 Å². The van der Waals surface area contributed by atoms with E-state index in [4.69, 9.17) is 11.6 Å². The highest BCUT2D eigenvalue weighted by atomic mass is 35.5. The number of pyridine rings is 1. The van der Waals surface area contributed by atoms with Gasteiger partial charge in [0, 0.05) is 17.5 Å². The van der Waals surface area contributed by atoms with E-state index in [-0.39, 0.29) is 5.15 Å². The van der Waals surface area contributed by atoms with Crippen LogP contribution in [0.3, 0.4) is 0 Å². The average Bonchev–Trinajstić information content (AvgIpc) is 2.47. The summed E-state index contributed by atoms with van der Waals surface area (Å²) in [4.78, 5) is 24.1. The molecule has 1 aromatic carbocycles. The van der Waals surface area contributed by atoms with Crippen LogP contribution in [-0.4, -0.2) is 21.2 Å². The normalized spacial score (nSPS) is 10.8. The number of hydrogen-bond acceptors (Lipinski definition) is 4. The minimum atomic E-state index is 0.188. The van der Waals surface area contributed by atoms with E-state index >= 15 is 0 Å². The molecule has 0 aliphatic carbocycles. The third kappa shape index (κ3) is 2.76. The van der Waals surface area contributed by atoms with E-state index in [0.717, 1.165) is 16.6 Å². The summed E-state index contributed by atoms with van der Waals surface area (Å²) in [7, 11) is 0. The molecule has 0 unspecified atom stereocenters. The van der Waals surface area contributed by atoms with Gasteiger partial charge in [0.25, 0.3) is 0 Å². The summed E-state index contributed by atoms with van der Waals surface area (Å²) in [5.41, 5.74) is 2.69. The van der Waals surface area contributed by atoms with Crippen molar-refractivity contribution in [2.45, 2.75) is 13.3 Å². The summed E-state index contributed by atoms with van der Waals surface area (Å²) in [6.45, 7) is 1.75. The number of para-hydroxylation sites is 1. The molecule has 3 rings (SSSR count). The number of halogens is 1. The highest BCUT2D eigenvalue weighted by molar-refractivity contribution is 6.31. The third-order valence-corrected chi connectivity index (χ3v) is 3.50. The monoisotopic (exact) mass is 297 g/mol. The number of aromatic nitrogens is 3. The molecule has 0 atom stereocenters. The fourth-order valence-electron chi connectivity index (χ4n) is 2.23. The molecule has 21 heavy (non-hydrogen) atoms. The smallest absolute Gasteiger partial charge is 0.155 e. The number of rotatable bonds is 3. The molecule has 0 fully saturated rings. The predicted molar refractivity (Wildman–Crippen MR) is 81.7 cm³/mol. The van der Waals surface area contributed by atoms with Crippen LogP contribution in [-0.2, 0) is 6.42 Å². The van der Waals surface area contributed by atoms with Gasteiger partial charge in [-0.05, 0) is 19.1 Å². The number of aryl methyl sites for hydroxylation is 1. The Kier molecular flexibility index (Phi) is 3.62. The number of fused-ring (bicyclic) bond motifs is 1. The lowest BCUT2D eigenvalue weighted by Gasteiger charge is -2.07. The fourth-order valence-corrected chi connectivity index (χ4v) is 2.51. The molecule has 0 aliphatic rings. The zero-order chi connectivity index (χ0) is 14.8. The molecule has 0 bridgehead atoms. The van der Waals surface area contributed by atoms with Gasteiger partial charge in [0.15, 0.2) is 6.29 Å². The molecule has 0 spiro atoms. The van der Waals surface area contributed by atoms with Crippen LogP contribution in [0.1, 0.15) is 27.6 Å². The van der Waals surface area contributed by atoms with Gasteiger partial charge in [0.05, 0.1) is 16.8 Å². The lowest BCUT2D eigenvalue weighted by Crippen LogP contribution is -2.05. The average molecular weight is 298 g/mol. The topological polar surface area (TPSA) is 55.7 Å². The maximum absolute atomic E-state index is 11.2. The molecule has 0 saturated carbocycles. The van der Waals surface area contributed by atoms with E-state index in [1.54, 1.807) is 6.92 Å². The molecular weight excluding hydrogens is 286 g/mol. The minimum absolute atomic E-state index is 0.188.